The first-order valence-electron chi connectivity index (χ1n) is 7.42. The summed E-state index contributed by atoms with van der Waals surface area (Å²) in [4.78, 5) is 0. The Morgan fingerprint density at radius 2 is 1.91 bits per heavy atom. The summed E-state index contributed by atoms with van der Waals surface area (Å²) in [5, 5.41) is 19.5. The second-order valence-electron chi connectivity index (χ2n) is 6.16. The van der Waals surface area contributed by atoms with Crippen LogP contribution in [-0.4, -0.2) is 53.3 Å². The molecule has 4 atom stereocenters. The molecule has 0 aromatic heterocycles. The first kappa shape index (κ1) is 15.9. The summed E-state index contributed by atoms with van der Waals surface area (Å²) in [5.41, 5.74) is 1.03. The standard InChI is InChI=1S/C16H22O6/c1-15(2)21-14-13(18)12(8-17)20-16(14,22-15)10-19-9-11-6-4-3-5-7-11/h3-7,12-14,17-18H,8-10H2,1-2H3/t12-,13?,14+,16-/m0/s1. The summed E-state index contributed by atoms with van der Waals surface area (Å²) in [6.07, 6.45) is -2.37. The van der Waals surface area contributed by atoms with Crippen LogP contribution in [0, 0.1) is 0 Å². The van der Waals surface area contributed by atoms with Crippen LogP contribution < -0.4 is 0 Å². The van der Waals surface area contributed by atoms with Crippen LogP contribution in [0.1, 0.15) is 19.4 Å². The van der Waals surface area contributed by atoms with Gasteiger partial charge in [-0.05, 0) is 19.4 Å². The van der Waals surface area contributed by atoms with Crippen molar-refractivity contribution in [1.82, 2.24) is 0 Å². The van der Waals surface area contributed by atoms with Crippen molar-refractivity contribution in [1.29, 1.82) is 0 Å². The average Bonchev–Trinajstić information content (AvgIpc) is 2.89. The molecule has 0 amide bonds. The van der Waals surface area contributed by atoms with Crippen molar-refractivity contribution in [3.05, 3.63) is 35.9 Å². The molecule has 2 aliphatic rings. The van der Waals surface area contributed by atoms with Gasteiger partial charge in [-0.2, -0.15) is 0 Å². The van der Waals surface area contributed by atoms with Gasteiger partial charge in [-0.25, -0.2) is 0 Å². The van der Waals surface area contributed by atoms with Crippen molar-refractivity contribution in [2.75, 3.05) is 13.2 Å². The molecule has 0 aliphatic carbocycles. The van der Waals surface area contributed by atoms with Gasteiger partial charge in [0.25, 0.3) is 0 Å². The van der Waals surface area contributed by atoms with Crippen LogP contribution in [0.5, 0.6) is 0 Å². The Kier molecular flexibility index (Phi) is 4.24. The third-order valence-electron chi connectivity index (χ3n) is 3.90. The number of aliphatic hydroxyl groups excluding tert-OH is 2. The summed E-state index contributed by atoms with van der Waals surface area (Å²) in [5.74, 6) is -2.06. The Hall–Kier alpha value is -1.02. The van der Waals surface area contributed by atoms with Crippen LogP contribution >= 0.6 is 0 Å². The van der Waals surface area contributed by atoms with Crippen LogP contribution in [-0.2, 0) is 25.6 Å². The van der Waals surface area contributed by atoms with E-state index in [1.54, 1.807) is 13.8 Å². The molecule has 6 nitrogen and oxygen atoms in total. The zero-order valence-electron chi connectivity index (χ0n) is 12.8. The van der Waals surface area contributed by atoms with E-state index in [4.69, 9.17) is 18.9 Å². The molecule has 3 rings (SSSR count). The van der Waals surface area contributed by atoms with Crippen LogP contribution in [0.25, 0.3) is 0 Å². The molecule has 2 heterocycles. The van der Waals surface area contributed by atoms with Crippen molar-refractivity contribution in [2.24, 2.45) is 0 Å². The van der Waals surface area contributed by atoms with E-state index < -0.39 is 29.9 Å². The number of fused-ring (bicyclic) bond motifs is 1. The quantitative estimate of drug-likeness (QED) is 0.838. The van der Waals surface area contributed by atoms with Crippen molar-refractivity contribution >= 4 is 0 Å². The second-order valence-corrected chi connectivity index (χ2v) is 6.16. The lowest BCUT2D eigenvalue weighted by Gasteiger charge is -2.28. The Balaban J connectivity index is 1.68. The highest BCUT2D eigenvalue weighted by atomic mass is 16.9. The summed E-state index contributed by atoms with van der Waals surface area (Å²) in [6.45, 7) is 3.74. The van der Waals surface area contributed by atoms with Crippen LogP contribution in [0.4, 0.5) is 0 Å². The number of benzene rings is 1. The summed E-state index contributed by atoms with van der Waals surface area (Å²) >= 11 is 0. The monoisotopic (exact) mass is 310 g/mol. The smallest absolute Gasteiger partial charge is 0.224 e. The lowest BCUT2D eigenvalue weighted by molar-refractivity contribution is -0.281. The molecular formula is C16H22O6. The fourth-order valence-electron chi connectivity index (χ4n) is 3.01. The Morgan fingerprint density at radius 3 is 2.59 bits per heavy atom. The zero-order valence-corrected chi connectivity index (χ0v) is 12.8. The Morgan fingerprint density at radius 1 is 1.18 bits per heavy atom. The molecule has 0 spiro atoms. The zero-order chi connectivity index (χ0) is 15.8. The third kappa shape index (κ3) is 2.90. The van der Waals surface area contributed by atoms with Gasteiger partial charge in [0.05, 0.1) is 13.2 Å². The minimum Gasteiger partial charge on any atom is -0.394 e. The first-order chi connectivity index (χ1) is 10.5. The first-order valence-corrected chi connectivity index (χ1v) is 7.42. The predicted octanol–water partition coefficient (Wildman–Crippen LogP) is 0.803. The molecule has 1 unspecified atom stereocenters. The summed E-state index contributed by atoms with van der Waals surface area (Å²) < 4.78 is 23.1. The average molecular weight is 310 g/mol. The fraction of sp³-hybridized carbons (Fsp3) is 0.625. The molecule has 2 fully saturated rings. The number of hydrogen-bond acceptors (Lipinski definition) is 6. The highest BCUT2D eigenvalue weighted by Crippen LogP contribution is 2.45. The van der Waals surface area contributed by atoms with Gasteiger partial charge in [-0.3, -0.25) is 0 Å². The lowest BCUT2D eigenvalue weighted by Crippen LogP contribution is -2.44. The molecule has 2 saturated heterocycles. The lowest BCUT2D eigenvalue weighted by atomic mass is 10.1. The number of aliphatic hydroxyl groups is 2. The SMILES string of the molecule is CC1(C)O[C@@H]2C(O)[C@H](CO)O[C@@]2(COCc2ccccc2)O1. The van der Waals surface area contributed by atoms with Gasteiger partial charge >= 0.3 is 0 Å². The van der Waals surface area contributed by atoms with E-state index in [9.17, 15) is 10.2 Å². The number of hydrogen-bond donors (Lipinski definition) is 2. The van der Waals surface area contributed by atoms with E-state index in [0.29, 0.717) is 6.61 Å². The van der Waals surface area contributed by atoms with E-state index in [-0.39, 0.29) is 13.2 Å². The highest BCUT2D eigenvalue weighted by Gasteiger charge is 2.64. The van der Waals surface area contributed by atoms with E-state index in [1.807, 2.05) is 30.3 Å². The van der Waals surface area contributed by atoms with Crippen LogP contribution in [0.15, 0.2) is 30.3 Å². The molecule has 0 saturated carbocycles. The molecular weight excluding hydrogens is 288 g/mol. The van der Waals surface area contributed by atoms with Crippen molar-refractivity contribution < 1.29 is 29.2 Å². The van der Waals surface area contributed by atoms with Crippen molar-refractivity contribution in [3.63, 3.8) is 0 Å². The normalized spacial score (nSPS) is 36.5. The molecule has 122 valence electrons. The minimum absolute atomic E-state index is 0.115. The maximum absolute atomic E-state index is 10.2. The van der Waals surface area contributed by atoms with Gasteiger partial charge in [0.2, 0.25) is 5.79 Å². The van der Waals surface area contributed by atoms with Crippen LogP contribution in [0.2, 0.25) is 0 Å². The van der Waals surface area contributed by atoms with Gasteiger partial charge in [-0.1, -0.05) is 30.3 Å². The van der Waals surface area contributed by atoms with Crippen molar-refractivity contribution in [2.45, 2.75) is 50.3 Å². The summed E-state index contributed by atoms with van der Waals surface area (Å²) in [6, 6.07) is 9.75. The Bertz CT molecular complexity index is 505. The van der Waals surface area contributed by atoms with E-state index in [2.05, 4.69) is 0 Å². The molecule has 2 N–H and O–H groups in total. The number of rotatable bonds is 5. The molecule has 0 bridgehead atoms. The second kappa shape index (κ2) is 5.88. The largest absolute Gasteiger partial charge is 0.394 e. The Labute approximate surface area is 129 Å². The fourth-order valence-corrected chi connectivity index (χ4v) is 3.01. The molecule has 6 heteroatoms. The third-order valence-corrected chi connectivity index (χ3v) is 3.90. The molecule has 2 aliphatic heterocycles. The number of ether oxygens (including phenoxy) is 4. The predicted molar refractivity (Wildman–Crippen MR) is 76.8 cm³/mol. The summed E-state index contributed by atoms with van der Waals surface area (Å²) in [7, 11) is 0. The van der Waals surface area contributed by atoms with Gasteiger partial charge in [0.15, 0.2) is 5.79 Å². The minimum atomic E-state index is -1.19. The molecule has 1 aromatic rings. The van der Waals surface area contributed by atoms with Gasteiger partial charge in [-0.15, -0.1) is 0 Å². The molecule has 1 aromatic carbocycles. The molecule has 22 heavy (non-hydrogen) atoms. The van der Waals surface area contributed by atoms with E-state index >= 15 is 0 Å². The topological polar surface area (TPSA) is 77.4 Å². The molecule has 0 radical (unpaired) electrons. The maximum atomic E-state index is 10.2. The highest BCUT2D eigenvalue weighted by molar-refractivity contribution is 5.13. The van der Waals surface area contributed by atoms with Gasteiger partial charge in [0.1, 0.15) is 24.9 Å². The van der Waals surface area contributed by atoms with Gasteiger partial charge < -0.3 is 29.2 Å². The van der Waals surface area contributed by atoms with Crippen molar-refractivity contribution in [3.8, 4) is 0 Å². The van der Waals surface area contributed by atoms with E-state index in [1.165, 1.54) is 0 Å². The van der Waals surface area contributed by atoms with E-state index in [0.717, 1.165) is 5.56 Å². The van der Waals surface area contributed by atoms with Gasteiger partial charge in [0, 0.05) is 0 Å². The maximum Gasteiger partial charge on any atom is 0.224 e. The van der Waals surface area contributed by atoms with Crippen LogP contribution in [0.3, 0.4) is 0 Å².